The van der Waals surface area contributed by atoms with Crippen LogP contribution in [-0.2, 0) is 6.54 Å². The number of hydrogen-bond acceptors (Lipinski definition) is 3. The summed E-state index contributed by atoms with van der Waals surface area (Å²) in [6, 6.07) is 8.41. The lowest BCUT2D eigenvalue weighted by Crippen LogP contribution is -2.25. The van der Waals surface area contributed by atoms with Crippen LogP contribution in [0.5, 0.6) is 0 Å². The molecule has 0 radical (unpaired) electrons. The van der Waals surface area contributed by atoms with Crippen LogP contribution in [0.1, 0.15) is 30.9 Å². The van der Waals surface area contributed by atoms with Gasteiger partial charge in [0.05, 0.1) is 0 Å². The quantitative estimate of drug-likeness (QED) is 0.789. The Hall–Kier alpha value is -1.61. The van der Waals surface area contributed by atoms with Crippen LogP contribution in [0.3, 0.4) is 0 Å². The average molecular weight is 257 g/mol. The SMILES string of the molecule is CCN(Cc1cc(=O)oc2cc(C)ccc12)C1CC1. The van der Waals surface area contributed by atoms with Crippen LogP contribution in [0, 0.1) is 6.92 Å². The van der Waals surface area contributed by atoms with Gasteiger partial charge in [0.15, 0.2) is 0 Å². The van der Waals surface area contributed by atoms with Gasteiger partial charge in [-0.1, -0.05) is 19.1 Å². The van der Waals surface area contributed by atoms with Crippen molar-refractivity contribution >= 4 is 11.0 Å². The predicted octanol–water partition coefficient (Wildman–Crippen LogP) is 3.09. The van der Waals surface area contributed by atoms with Crippen LogP contribution in [0.2, 0.25) is 0 Å². The average Bonchev–Trinajstić information content (AvgIpc) is 3.19. The van der Waals surface area contributed by atoms with E-state index in [1.807, 2.05) is 13.0 Å². The zero-order valence-corrected chi connectivity index (χ0v) is 11.5. The highest BCUT2D eigenvalue weighted by molar-refractivity contribution is 5.80. The second-order valence-corrected chi connectivity index (χ2v) is 5.38. The van der Waals surface area contributed by atoms with E-state index in [0.717, 1.165) is 29.6 Å². The highest BCUT2D eigenvalue weighted by Crippen LogP contribution is 2.29. The Morgan fingerprint density at radius 3 is 2.79 bits per heavy atom. The third-order valence-electron chi connectivity index (χ3n) is 3.83. The minimum Gasteiger partial charge on any atom is -0.423 e. The monoisotopic (exact) mass is 257 g/mol. The molecule has 1 saturated carbocycles. The molecule has 0 bridgehead atoms. The predicted molar refractivity (Wildman–Crippen MR) is 76.3 cm³/mol. The molecule has 0 N–H and O–H groups in total. The molecule has 3 nitrogen and oxygen atoms in total. The number of aryl methyl sites for hydroxylation is 1. The minimum atomic E-state index is -0.250. The van der Waals surface area contributed by atoms with Crippen molar-refractivity contribution in [3.8, 4) is 0 Å². The van der Waals surface area contributed by atoms with E-state index in [1.165, 1.54) is 12.8 Å². The lowest BCUT2D eigenvalue weighted by Gasteiger charge is -2.20. The van der Waals surface area contributed by atoms with Crippen LogP contribution in [0.25, 0.3) is 11.0 Å². The van der Waals surface area contributed by atoms with Crippen LogP contribution >= 0.6 is 0 Å². The summed E-state index contributed by atoms with van der Waals surface area (Å²) in [5.41, 5.74) is 2.65. The minimum absolute atomic E-state index is 0.250. The Labute approximate surface area is 112 Å². The van der Waals surface area contributed by atoms with Crippen molar-refractivity contribution in [1.29, 1.82) is 0 Å². The van der Waals surface area contributed by atoms with E-state index in [4.69, 9.17) is 4.42 Å². The molecule has 0 amide bonds. The summed E-state index contributed by atoms with van der Waals surface area (Å²) in [6.07, 6.45) is 2.57. The Morgan fingerprint density at radius 1 is 1.32 bits per heavy atom. The topological polar surface area (TPSA) is 33.5 Å². The van der Waals surface area contributed by atoms with Crippen molar-refractivity contribution in [1.82, 2.24) is 4.90 Å². The summed E-state index contributed by atoms with van der Waals surface area (Å²) in [5, 5.41) is 1.06. The highest BCUT2D eigenvalue weighted by atomic mass is 16.4. The van der Waals surface area contributed by atoms with Crippen molar-refractivity contribution in [3.63, 3.8) is 0 Å². The second-order valence-electron chi connectivity index (χ2n) is 5.38. The number of hydrogen-bond donors (Lipinski definition) is 0. The van der Waals surface area contributed by atoms with E-state index in [1.54, 1.807) is 6.07 Å². The molecule has 0 aliphatic heterocycles. The largest absolute Gasteiger partial charge is 0.423 e. The third-order valence-corrected chi connectivity index (χ3v) is 3.83. The summed E-state index contributed by atoms with van der Waals surface area (Å²) < 4.78 is 5.30. The lowest BCUT2D eigenvalue weighted by atomic mass is 10.1. The number of rotatable bonds is 4. The van der Waals surface area contributed by atoms with Crippen molar-refractivity contribution in [2.45, 2.75) is 39.3 Å². The Kier molecular flexibility index (Phi) is 3.15. The van der Waals surface area contributed by atoms with E-state index in [0.29, 0.717) is 11.6 Å². The Bertz CT molecular complexity index is 655. The van der Waals surface area contributed by atoms with Crippen molar-refractivity contribution in [3.05, 3.63) is 45.8 Å². The summed E-state index contributed by atoms with van der Waals surface area (Å²) >= 11 is 0. The van der Waals surface area contributed by atoms with Gasteiger partial charge in [0.1, 0.15) is 5.58 Å². The molecule has 19 heavy (non-hydrogen) atoms. The molecule has 2 aromatic rings. The van der Waals surface area contributed by atoms with E-state index in [-0.39, 0.29) is 5.63 Å². The number of benzene rings is 1. The van der Waals surface area contributed by atoms with E-state index in [9.17, 15) is 4.79 Å². The molecule has 3 heteroatoms. The van der Waals surface area contributed by atoms with Gasteiger partial charge in [0, 0.05) is 24.0 Å². The van der Waals surface area contributed by atoms with Crippen molar-refractivity contribution < 1.29 is 4.42 Å². The molecule has 1 aliphatic rings. The molecule has 0 spiro atoms. The maximum Gasteiger partial charge on any atom is 0.336 e. The van der Waals surface area contributed by atoms with Gasteiger partial charge < -0.3 is 4.42 Å². The van der Waals surface area contributed by atoms with E-state index < -0.39 is 0 Å². The molecule has 0 unspecified atom stereocenters. The first-order valence-corrected chi connectivity index (χ1v) is 6.95. The van der Waals surface area contributed by atoms with E-state index >= 15 is 0 Å². The summed E-state index contributed by atoms with van der Waals surface area (Å²) in [5.74, 6) is 0. The van der Waals surface area contributed by atoms with Gasteiger partial charge in [0.2, 0.25) is 0 Å². The van der Waals surface area contributed by atoms with Gasteiger partial charge in [-0.25, -0.2) is 4.79 Å². The normalized spacial score (nSPS) is 15.3. The van der Waals surface area contributed by atoms with Crippen LogP contribution in [0.4, 0.5) is 0 Å². The van der Waals surface area contributed by atoms with E-state index in [2.05, 4.69) is 24.0 Å². The fraction of sp³-hybridized carbons (Fsp3) is 0.438. The van der Waals surface area contributed by atoms with Gasteiger partial charge in [-0.3, -0.25) is 4.90 Å². The first-order valence-electron chi connectivity index (χ1n) is 6.95. The molecular formula is C16H19NO2. The smallest absolute Gasteiger partial charge is 0.336 e. The summed E-state index contributed by atoms with van der Waals surface area (Å²) in [4.78, 5) is 14.1. The standard InChI is InChI=1S/C16H19NO2/c1-3-17(13-5-6-13)10-12-9-16(18)19-15-8-11(2)4-7-14(12)15/h4,7-9,13H,3,5-6,10H2,1-2H3. The maximum absolute atomic E-state index is 11.7. The van der Waals surface area contributed by atoms with Crippen molar-refractivity contribution in [2.24, 2.45) is 0 Å². The molecule has 1 aliphatic carbocycles. The Balaban J connectivity index is 2.04. The molecule has 1 aromatic carbocycles. The van der Waals surface area contributed by atoms with Crippen LogP contribution < -0.4 is 5.63 Å². The zero-order chi connectivity index (χ0) is 13.4. The molecule has 3 rings (SSSR count). The fourth-order valence-corrected chi connectivity index (χ4v) is 2.63. The summed E-state index contributed by atoms with van der Waals surface area (Å²) in [6.45, 7) is 6.05. The third kappa shape index (κ3) is 2.56. The first-order chi connectivity index (χ1) is 9.17. The molecular weight excluding hydrogens is 238 g/mol. The first kappa shape index (κ1) is 12.4. The zero-order valence-electron chi connectivity index (χ0n) is 11.5. The molecule has 0 atom stereocenters. The van der Waals surface area contributed by atoms with Crippen LogP contribution in [-0.4, -0.2) is 17.5 Å². The number of fused-ring (bicyclic) bond motifs is 1. The maximum atomic E-state index is 11.7. The van der Waals surface area contributed by atoms with Gasteiger partial charge in [-0.15, -0.1) is 0 Å². The lowest BCUT2D eigenvalue weighted by molar-refractivity contribution is 0.269. The molecule has 0 saturated heterocycles. The highest BCUT2D eigenvalue weighted by Gasteiger charge is 2.28. The summed E-state index contributed by atoms with van der Waals surface area (Å²) in [7, 11) is 0. The van der Waals surface area contributed by atoms with Crippen LogP contribution in [0.15, 0.2) is 33.5 Å². The number of nitrogens with zero attached hydrogens (tertiary/aromatic N) is 1. The second kappa shape index (κ2) is 4.82. The van der Waals surface area contributed by atoms with Gasteiger partial charge in [-0.2, -0.15) is 0 Å². The van der Waals surface area contributed by atoms with Crippen molar-refractivity contribution in [2.75, 3.05) is 6.54 Å². The fourth-order valence-electron chi connectivity index (χ4n) is 2.63. The molecule has 1 heterocycles. The van der Waals surface area contributed by atoms with Gasteiger partial charge >= 0.3 is 5.63 Å². The van der Waals surface area contributed by atoms with Gasteiger partial charge in [-0.05, 0) is 43.5 Å². The Morgan fingerprint density at radius 2 is 2.11 bits per heavy atom. The molecule has 100 valence electrons. The molecule has 1 fully saturated rings. The van der Waals surface area contributed by atoms with Gasteiger partial charge in [0.25, 0.3) is 0 Å². The molecule has 1 aromatic heterocycles.